The van der Waals surface area contributed by atoms with Gasteiger partial charge >= 0.3 is 5.97 Å². The largest absolute Gasteiger partial charge is 0.477 e. The Bertz CT molecular complexity index is 2090. The quantitative estimate of drug-likeness (QED) is 0.185. The summed E-state index contributed by atoms with van der Waals surface area (Å²) in [7, 11) is 0. The van der Waals surface area contributed by atoms with Crippen molar-refractivity contribution in [3.05, 3.63) is 145 Å². The minimum absolute atomic E-state index is 0. The molecule has 0 bridgehead atoms. The average Bonchev–Trinajstić information content (AvgIpc) is 3.36. The summed E-state index contributed by atoms with van der Waals surface area (Å²) < 4.78 is 0. The third-order valence-electron chi connectivity index (χ3n) is 7.36. The van der Waals surface area contributed by atoms with E-state index in [0.29, 0.717) is 5.52 Å². The molecule has 2 heterocycles. The fraction of sp³-hybridized carbons (Fsp3) is 0. The van der Waals surface area contributed by atoms with Gasteiger partial charge in [-0.2, -0.15) is 0 Å². The number of benzene rings is 5. The summed E-state index contributed by atoms with van der Waals surface area (Å²) in [6.07, 6.45) is 0. The van der Waals surface area contributed by atoms with Gasteiger partial charge in [-0.15, -0.1) is 29.8 Å². The molecule has 8 rings (SSSR count). The zero-order valence-electron chi connectivity index (χ0n) is 22.3. The Labute approximate surface area is 256 Å². The van der Waals surface area contributed by atoms with Crippen molar-refractivity contribution >= 4 is 27.8 Å². The van der Waals surface area contributed by atoms with Gasteiger partial charge < -0.3 is 5.11 Å². The van der Waals surface area contributed by atoms with Crippen LogP contribution in [-0.4, -0.2) is 21.0 Å². The molecule has 1 aliphatic carbocycles. The first kappa shape index (κ1) is 27.2. The molecular formula is C37H23IrN2O2-. The van der Waals surface area contributed by atoms with Crippen LogP contribution in [0.5, 0.6) is 0 Å². The van der Waals surface area contributed by atoms with E-state index in [-0.39, 0.29) is 25.8 Å². The first-order valence-electron chi connectivity index (χ1n) is 13.4. The maximum absolute atomic E-state index is 10.6. The molecule has 203 valence electrons. The normalized spacial score (nSPS) is 10.9. The molecule has 1 N–H and O–H groups in total. The van der Waals surface area contributed by atoms with Crippen molar-refractivity contribution in [2.45, 2.75) is 0 Å². The van der Waals surface area contributed by atoms with Crippen LogP contribution in [0.3, 0.4) is 0 Å². The van der Waals surface area contributed by atoms with E-state index in [9.17, 15) is 4.79 Å². The predicted octanol–water partition coefficient (Wildman–Crippen LogP) is 8.95. The van der Waals surface area contributed by atoms with Gasteiger partial charge in [0.2, 0.25) is 0 Å². The monoisotopic (exact) mass is 720 g/mol. The first-order valence-corrected chi connectivity index (χ1v) is 13.4. The topological polar surface area (TPSA) is 63.1 Å². The van der Waals surface area contributed by atoms with Crippen molar-refractivity contribution in [1.29, 1.82) is 0 Å². The van der Waals surface area contributed by atoms with Crippen LogP contribution in [0.1, 0.15) is 10.5 Å². The van der Waals surface area contributed by atoms with Crippen molar-refractivity contribution < 1.29 is 30.0 Å². The number of fused-ring (bicyclic) bond motifs is 4. The molecule has 0 spiro atoms. The number of aromatic nitrogens is 2. The first-order chi connectivity index (χ1) is 20.2. The van der Waals surface area contributed by atoms with E-state index in [0.717, 1.165) is 27.7 Å². The Kier molecular flexibility index (Phi) is 7.45. The van der Waals surface area contributed by atoms with E-state index in [1.54, 1.807) is 12.1 Å². The van der Waals surface area contributed by atoms with Gasteiger partial charge in [0.25, 0.3) is 0 Å². The van der Waals surface area contributed by atoms with E-state index in [1.807, 2.05) is 36.4 Å². The van der Waals surface area contributed by atoms with Gasteiger partial charge in [-0.25, -0.2) is 9.78 Å². The molecule has 4 nitrogen and oxygen atoms in total. The molecular weight excluding hydrogens is 697 g/mol. The van der Waals surface area contributed by atoms with Crippen LogP contribution in [0.25, 0.3) is 66.4 Å². The van der Waals surface area contributed by atoms with Crippen molar-refractivity contribution in [3.63, 3.8) is 0 Å². The van der Waals surface area contributed by atoms with E-state index in [4.69, 9.17) is 10.1 Å². The van der Waals surface area contributed by atoms with Crippen molar-refractivity contribution in [2.24, 2.45) is 0 Å². The Morgan fingerprint density at radius 1 is 0.595 bits per heavy atom. The molecule has 0 amide bonds. The second kappa shape index (κ2) is 11.5. The number of pyridine rings is 2. The number of carboxylic acids is 1. The van der Waals surface area contributed by atoms with Gasteiger partial charge in [0, 0.05) is 30.9 Å². The third kappa shape index (κ3) is 4.90. The zero-order chi connectivity index (χ0) is 27.8. The fourth-order valence-corrected chi connectivity index (χ4v) is 5.50. The van der Waals surface area contributed by atoms with Gasteiger partial charge in [0.05, 0.1) is 11.0 Å². The molecule has 0 fully saturated rings. The van der Waals surface area contributed by atoms with Gasteiger partial charge in [0.1, 0.15) is 5.69 Å². The summed E-state index contributed by atoms with van der Waals surface area (Å²) in [4.78, 5) is 19.6. The van der Waals surface area contributed by atoms with Crippen LogP contribution >= 0.6 is 0 Å². The minimum Gasteiger partial charge on any atom is -0.477 e. The maximum atomic E-state index is 10.6. The summed E-state index contributed by atoms with van der Waals surface area (Å²) in [6, 6.07) is 48.0. The average molecular weight is 720 g/mol. The number of hydrogen-bond donors (Lipinski definition) is 1. The van der Waals surface area contributed by atoms with Crippen molar-refractivity contribution in [3.8, 4) is 44.6 Å². The third-order valence-corrected chi connectivity index (χ3v) is 7.36. The molecule has 0 atom stereocenters. The van der Waals surface area contributed by atoms with Crippen LogP contribution in [0.2, 0.25) is 0 Å². The number of rotatable bonds is 3. The summed E-state index contributed by atoms with van der Waals surface area (Å²) in [5, 5.41) is 10.9. The van der Waals surface area contributed by atoms with Crippen LogP contribution < -0.4 is 0 Å². The van der Waals surface area contributed by atoms with E-state index in [2.05, 4.69) is 89.9 Å². The van der Waals surface area contributed by atoms with E-state index in [1.165, 1.54) is 39.3 Å². The Morgan fingerprint density at radius 3 is 2.07 bits per heavy atom. The van der Waals surface area contributed by atoms with Gasteiger partial charge in [-0.3, -0.25) is 4.98 Å². The number of carboxylic acid groups (broad SMARTS) is 1. The smallest absolute Gasteiger partial charge is 0.354 e. The number of carbonyl (C=O) groups is 1. The maximum Gasteiger partial charge on any atom is 0.354 e. The van der Waals surface area contributed by atoms with Crippen LogP contribution in [0.4, 0.5) is 0 Å². The zero-order valence-corrected chi connectivity index (χ0v) is 24.7. The molecule has 5 aromatic carbocycles. The number of aromatic carboxylic acids is 1. The number of hydrogen-bond acceptors (Lipinski definition) is 3. The summed E-state index contributed by atoms with van der Waals surface area (Å²) in [6.45, 7) is 0. The summed E-state index contributed by atoms with van der Waals surface area (Å²) >= 11 is 0. The molecule has 0 saturated carbocycles. The van der Waals surface area contributed by atoms with Gasteiger partial charge in [-0.05, 0) is 46.1 Å². The van der Waals surface area contributed by atoms with Gasteiger partial charge in [-0.1, -0.05) is 108 Å². The van der Waals surface area contributed by atoms with Crippen molar-refractivity contribution in [2.75, 3.05) is 0 Å². The molecule has 0 unspecified atom stereocenters. The Hall–Kier alpha value is -4.96. The molecule has 0 saturated heterocycles. The molecule has 1 aliphatic rings. The van der Waals surface area contributed by atoms with Crippen LogP contribution in [0.15, 0.2) is 133 Å². The molecule has 42 heavy (non-hydrogen) atoms. The standard InChI is InChI=1S/C27H16N.C10H7NO2.Ir/c1-2-9-18(10-3-1)19-11-4-7-14-22(19)26-17-24-21-13-6-5-12-20(21)23-15-8-16-25(28-26)27(23)24;12-10(13)9-6-5-7-3-1-2-4-8(7)11-9;/h1-13,15-17H;1-6H,(H,12,13);/q-1;;. The molecule has 7 aromatic rings. The van der Waals surface area contributed by atoms with Crippen molar-refractivity contribution in [1.82, 2.24) is 9.97 Å². The molecule has 1 radical (unpaired) electrons. The Balaban J connectivity index is 0.000000191. The Morgan fingerprint density at radius 2 is 1.26 bits per heavy atom. The number of para-hydroxylation sites is 1. The molecule has 0 aliphatic heterocycles. The summed E-state index contributed by atoms with van der Waals surface area (Å²) in [5.41, 5.74) is 11.3. The van der Waals surface area contributed by atoms with Gasteiger partial charge in [0.15, 0.2) is 0 Å². The van der Waals surface area contributed by atoms with E-state index < -0.39 is 5.97 Å². The fourth-order valence-electron chi connectivity index (χ4n) is 5.50. The molecule has 2 aromatic heterocycles. The van der Waals surface area contributed by atoms with E-state index >= 15 is 0 Å². The van der Waals surface area contributed by atoms with Crippen LogP contribution in [-0.2, 0) is 20.1 Å². The SMILES string of the molecule is O=C(O)c1ccc2ccccc2n1.[Ir].[c-]1cccc(-c2ccccc2)c1-c1cc2c3c(cccc3n1)-c1ccccc1-2. The number of nitrogens with zero attached hydrogens (tertiary/aromatic N) is 2. The minimum atomic E-state index is -0.995. The van der Waals surface area contributed by atoms with Crippen LogP contribution in [0, 0.1) is 6.07 Å². The predicted molar refractivity (Wildman–Crippen MR) is 165 cm³/mol. The second-order valence-electron chi connectivity index (χ2n) is 9.82. The second-order valence-corrected chi connectivity index (χ2v) is 9.82. The molecule has 5 heteroatoms. The summed E-state index contributed by atoms with van der Waals surface area (Å²) in [5.74, 6) is -0.995.